The van der Waals surface area contributed by atoms with Crippen LogP contribution in [-0.4, -0.2) is 40.4 Å². The van der Waals surface area contributed by atoms with E-state index in [1.807, 2.05) is 24.8 Å². The minimum absolute atomic E-state index is 0.0235. The van der Waals surface area contributed by atoms with Crippen LogP contribution in [0.3, 0.4) is 0 Å². The van der Waals surface area contributed by atoms with Crippen molar-refractivity contribution in [2.45, 2.75) is 39.5 Å². The van der Waals surface area contributed by atoms with Gasteiger partial charge in [-0.05, 0) is 44.9 Å². The Balaban J connectivity index is 1.78. The Morgan fingerprint density at radius 1 is 1.26 bits per heavy atom. The summed E-state index contributed by atoms with van der Waals surface area (Å²) in [6.07, 6.45) is 2.33. The molecule has 0 aliphatic carbocycles. The number of anilines is 2. The van der Waals surface area contributed by atoms with E-state index < -0.39 is 0 Å². The highest BCUT2D eigenvalue weighted by Gasteiger charge is 2.30. The first-order valence-electron chi connectivity index (χ1n) is 9.08. The van der Waals surface area contributed by atoms with Crippen LogP contribution in [0.1, 0.15) is 24.1 Å². The Morgan fingerprint density at radius 2 is 2.07 bits per heavy atom. The maximum Gasteiger partial charge on any atom is 0.259 e. The molecular formula is C19H22Cl2N4O2. The first-order chi connectivity index (χ1) is 12.9. The Morgan fingerprint density at radius 3 is 2.78 bits per heavy atom. The van der Waals surface area contributed by atoms with Gasteiger partial charge in [-0.1, -0.05) is 23.2 Å². The molecule has 2 aliphatic heterocycles. The molecule has 0 spiro atoms. The van der Waals surface area contributed by atoms with Gasteiger partial charge in [0.15, 0.2) is 0 Å². The second-order valence-electron chi connectivity index (χ2n) is 7.15. The smallest absolute Gasteiger partial charge is 0.259 e. The molecule has 144 valence electrons. The highest BCUT2D eigenvalue weighted by molar-refractivity contribution is 6.36. The first-order valence-corrected chi connectivity index (χ1v) is 9.84. The SMILES string of the molecule is Cc1nc2n(c(=O)c1C)CN(CC1CCCO1)CN2c1ccc(Cl)cc1Cl. The molecule has 1 atom stereocenters. The summed E-state index contributed by atoms with van der Waals surface area (Å²) < 4.78 is 7.50. The minimum Gasteiger partial charge on any atom is -0.377 e. The van der Waals surface area contributed by atoms with Crippen molar-refractivity contribution >= 4 is 34.8 Å². The molecule has 8 heteroatoms. The van der Waals surface area contributed by atoms with Crippen molar-refractivity contribution < 1.29 is 4.74 Å². The van der Waals surface area contributed by atoms with Gasteiger partial charge in [0.05, 0.1) is 30.2 Å². The molecule has 6 nitrogen and oxygen atoms in total. The molecule has 4 rings (SSSR count). The molecule has 0 N–H and O–H groups in total. The van der Waals surface area contributed by atoms with Crippen LogP contribution < -0.4 is 10.5 Å². The standard InChI is InChI=1S/C19H22Cl2N4O2/c1-12-13(2)22-19-24(17-6-5-14(20)8-16(17)21)10-23(11-25(19)18(12)26)9-15-4-3-7-27-15/h5-6,8,15H,3-4,7,9-11H2,1-2H3. The number of fused-ring (bicyclic) bond motifs is 1. The molecule has 2 aliphatic rings. The monoisotopic (exact) mass is 408 g/mol. The number of rotatable bonds is 3. The van der Waals surface area contributed by atoms with Gasteiger partial charge in [-0.3, -0.25) is 19.2 Å². The molecule has 0 radical (unpaired) electrons. The van der Waals surface area contributed by atoms with Crippen LogP contribution in [0.15, 0.2) is 23.0 Å². The fourth-order valence-electron chi connectivity index (χ4n) is 3.66. The molecule has 2 aromatic rings. The van der Waals surface area contributed by atoms with E-state index in [9.17, 15) is 4.79 Å². The number of hydrogen-bond donors (Lipinski definition) is 0. The molecule has 1 saturated heterocycles. The predicted octanol–water partition coefficient (Wildman–Crippen LogP) is 3.71. The molecule has 1 aromatic heterocycles. The molecule has 0 saturated carbocycles. The number of halogens is 2. The van der Waals surface area contributed by atoms with Gasteiger partial charge in [0.25, 0.3) is 5.56 Å². The molecular weight excluding hydrogens is 387 g/mol. The topological polar surface area (TPSA) is 50.6 Å². The van der Waals surface area contributed by atoms with Gasteiger partial charge >= 0.3 is 0 Å². The average Bonchev–Trinajstić information content (AvgIpc) is 3.13. The minimum atomic E-state index is -0.0235. The number of aryl methyl sites for hydroxylation is 1. The summed E-state index contributed by atoms with van der Waals surface area (Å²) in [4.78, 5) is 21.8. The second kappa shape index (κ2) is 7.43. The van der Waals surface area contributed by atoms with Crippen LogP contribution in [0.4, 0.5) is 11.6 Å². The zero-order chi connectivity index (χ0) is 19.1. The van der Waals surface area contributed by atoms with E-state index in [1.165, 1.54) is 0 Å². The Hall–Kier alpha value is -1.60. The Labute approximate surface area is 168 Å². The summed E-state index contributed by atoms with van der Waals surface area (Å²) >= 11 is 12.5. The van der Waals surface area contributed by atoms with Crippen LogP contribution in [-0.2, 0) is 11.4 Å². The normalized spacial score (nSPS) is 20.1. The van der Waals surface area contributed by atoms with E-state index >= 15 is 0 Å². The number of hydrogen-bond acceptors (Lipinski definition) is 5. The summed E-state index contributed by atoms with van der Waals surface area (Å²) in [5, 5.41) is 1.10. The van der Waals surface area contributed by atoms with Crippen molar-refractivity contribution in [3.8, 4) is 0 Å². The number of benzene rings is 1. The molecule has 1 fully saturated rings. The Kier molecular flexibility index (Phi) is 5.16. The summed E-state index contributed by atoms with van der Waals surface area (Å²) in [7, 11) is 0. The van der Waals surface area contributed by atoms with E-state index in [4.69, 9.17) is 32.9 Å². The molecule has 1 aromatic carbocycles. The molecule has 1 unspecified atom stereocenters. The van der Waals surface area contributed by atoms with Gasteiger partial charge in [0.2, 0.25) is 5.95 Å². The van der Waals surface area contributed by atoms with Crippen LogP contribution in [0.2, 0.25) is 10.0 Å². The molecule has 27 heavy (non-hydrogen) atoms. The molecule has 3 heterocycles. The average molecular weight is 409 g/mol. The van der Waals surface area contributed by atoms with Crippen molar-refractivity contribution in [2.24, 2.45) is 0 Å². The van der Waals surface area contributed by atoms with Gasteiger partial charge in [-0.2, -0.15) is 0 Å². The summed E-state index contributed by atoms with van der Waals surface area (Å²) in [5.41, 5.74) is 2.15. The lowest BCUT2D eigenvalue weighted by atomic mass is 10.2. The van der Waals surface area contributed by atoms with Crippen molar-refractivity contribution in [3.05, 3.63) is 49.9 Å². The van der Waals surface area contributed by atoms with Crippen molar-refractivity contribution in [1.29, 1.82) is 0 Å². The fraction of sp³-hybridized carbons (Fsp3) is 0.474. The van der Waals surface area contributed by atoms with E-state index in [-0.39, 0.29) is 11.7 Å². The fourth-order valence-corrected chi connectivity index (χ4v) is 4.17. The number of aromatic nitrogens is 2. The van der Waals surface area contributed by atoms with E-state index in [2.05, 4.69) is 4.90 Å². The lowest BCUT2D eigenvalue weighted by Gasteiger charge is -2.39. The van der Waals surface area contributed by atoms with Gasteiger partial charge in [-0.15, -0.1) is 0 Å². The molecule has 0 amide bonds. The Bertz CT molecular complexity index is 925. The van der Waals surface area contributed by atoms with Gasteiger partial charge in [0, 0.05) is 29.4 Å². The summed E-state index contributed by atoms with van der Waals surface area (Å²) in [6, 6.07) is 5.37. The number of nitrogens with zero attached hydrogens (tertiary/aromatic N) is 4. The lowest BCUT2D eigenvalue weighted by Crippen LogP contribution is -2.49. The first kappa shape index (κ1) is 18.7. The lowest BCUT2D eigenvalue weighted by molar-refractivity contribution is 0.0584. The summed E-state index contributed by atoms with van der Waals surface area (Å²) in [6.45, 7) is 6.32. The predicted molar refractivity (Wildman–Crippen MR) is 107 cm³/mol. The van der Waals surface area contributed by atoms with Crippen LogP contribution in [0.5, 0.6) is 0 Å². The quantitative estimate of drug-likeness (QED) is 0.774. The van der Waals surface area contributed by atoms with Crippen LogP contribution >= 0.6 is 23.2 Å². The highest BCUT2D eigenvalue weighted by Crippen LogP contribution is 2.35. The van der Waals surface area contributed by atoms with Crippen molar-refractivity contribution in [3.63, 3.8) is 0 Å². The van der Waals surface area contributed by atoms with E-state index in [1.54, 1.807) is 16.7 Å². The van der Waals surface area contributed by atoms with Crippen molar-refractivity contribution in [1.82, 2.24) is 14.5 Å². The summed E-state index contributed by atoms with van der Waals surface area (Å²) in [5.74, 6) is 0.607. The van der Waals surface area contributed by atoms with Crippen molar-refractivity contribution in [2.75, 3.05) is 24.7 Å². The van der Waals surface area contributed by atoms with Crippen LogP contribution in [0.25, 0.3) is 0 Å². The third-order valence-electron chi connectivity index (χ3n) is 5.23. The maximum atomic E-state index is 12.9. The maximum absolute atomic E-state index is 12.9. The van der Waals surface area contributed by atoms with E-state index in [0.29, 0.717) is 34.9 Å². The highest BCUT2D eigenvalue weighted by atomic mass is 35.5. The van der Waals surface area contributed by atoms with E-state index in [0.717, 1.165) is 37.4 Å². The zero-order valence-corrected chi connectivity index (χ0v) is 16.9. The largest absolute Gasteiger partial charge is 0.377 e. The van der Waals surface area contributed by atoms with Gasteiger partial charge in [0.1, 0.15) is 0 Å². The van der Waals surface area contributed by atoms with Gasteiger partial charge in [-0.25, -0.2) is 4.98 Å². The zero-order valence-electron chi connectivity index (χ0n) is 15.4. The molecule has 0 bridgehead atoms. The second-order valence-corrected chi connectivity index (χ2v) is 7.99. The number of ether oxygens (including phenoxy) is 1. The third kappa shape index (κ3) is 3.59. The van der Waals surface area contributed by atoms with Crippen LogP contribution in [0, 0.1) is 13.8 Å². The van der Waals surface area contributed by atoms with Gasteiger partial charge < -0.3 is 4.74 Å². The third-order valence-corrected chi connectivity index (χ3v) is 5.77.